The third kappa shape index (κ3) is 4.80. The molecule has 0 amide bonds. The molecule has 6 rings (SSSR count). The summed E-state index contributed by atoms with van der Waals surface area (Å²) in [6, 6.07) is 22.8. The van der Waals surface area contributed by atoms with Gasteiger partial charge in [0.15, 0.2) is 17.3 Å². The van der Waals surface area contributed by atoms with E-state index < -0.39 is 0 Å². The van der Waals surface area contributed by atoms with Crippen LogP contribution >= 0.6 is 0 Å². The van der Waals surface area contributed by atoms with E-state index in [1.54, 1.807) is 0 Å². The molecule has 0 N–H and O–H groups in total. The van der Waals surface area contributed by atoms with Crippen LogP contribution in [0.2, 0.25) is 0 Å². The van der Waals surface area contributed by atoms with E-state index in [9.17, 15) is 4.39 Å². The van der Waals surface area contributed by atoms with E-state index in [4.69, 9.17) is 9.47 Å². The van der Waals surface area contributed by atoms with Gasteiger partial charge in [0.05, 0.1) is 12.6 Å². The fraction of sp³-hybridized carbons (Fsp3) is 0.296. The molecule has 2 aliphatic heterocycles. The molecule has 3 aromatic carbocycles. The van der Waals surface area contributed by atoms with Crippen LogP contribution in [0, 0.1) is 5.82 Å². The number of halogens is 1. The molecule has 0 radical (unpaired) electrons. The summed E-state index contributed by atoms with van der Waals surface area (Å²) in [5.74, 6) is 2.12. The number of hydrogen-bond donors (Lipinski definition) is 0. The normalized spacial score (nSPS) is 16.8. The molecule has 1 fully saturated rings. The minimum atomic E-state index is -0.255. The maximum Gasteiger partial charge on any atom is 0.231 e. The monoisotopic (exact) mass is 486 g/mol. The molecule has 2 aliphatic rings. The number of tetrazole rings is 1. The first-order valence-electron chi connectivity index (χ1n) is 12.1. The van der Waals surface area contributed by atoms with Crippen LogP contribution in [0.5, 0.6) is 11.5 Å². The molecule has 0 aliphatic carbocycles. The van der Waals surface area contributed by atoms with Crippen molar-refractivity contribution in [2.75, 3.05) is 33.0 Å². The van der Waals surface area contributed by atoms with Crippen LogP contribution < -0.4 is 9.47 Å². The van der Waals surface area contributed by atoms with Crippen molar-refractivity contribution in [1.82, 2.24) is 30.0 Å². The number of aromatic nitrogens is 4. The van der Waals surface area contributed by atoms with Gasteiger partial charge in [0.1, 0.15) is 5.82 Å². The van der Waals surface area contributed by atoms with Crippen LogP contribution in [0.4, 0.5) is 4.39 Å². The van der Waals surface area contributed by atoms with Gasteiger partial charge in [0.25, 0.3) is 0 Å². The first-order valence-corrected chi connectivity index (χ1v) is 12.1. The minimum absolute atomic E-state index is 0.169. The Balaban J connectivity index is 1.21. The highest BCUT2D eigenvalue weighted by Gasteiger charge is 2.31. The van der Waals surface area contributed by atoms with E-state index in [-0.39, 0.29) is 18.7 Å². The van der Waals surface area contributed by atoms with Gasteiger partial charge in [-0.25, -0.2) is 9.07 Å². The number of piperazine rings is 1. The maximum absolute atomic E-state index is 13.8. The Labute approximate surface area is 208 Å². The second-order valence-corrected chi connectivity index (χ2v) is 9.13. The zero-order valence-corrected chi connectivity index (χ0v) is 19.8. The second kappa shape index (κ2) is 10.0. The molecule has 0 saturated carbocycles. The van der Waals surface area contributed by atoms with Gasteiger partial charge in [-0.1, -0.05) is 48.5 Å². The molecule has 9 heteroatoms. The fourth-order valence-corrected chi connectivity index (χ4v) is 4.92. The highest BCUT2D eigenvalue weighted by Crippen LogP contribution is 2.33. The van der Waals surface area contributed by atoms with Crippen LogP contribution in [0.15, 0.2) is 72.8 Å². The van der Waals surface area contributed by atoms with Crippen molar-refractivity contribution in [2.24, 2.45) is 0 Å². The second-order valence-electron chi connectivity index (χ2n) is 9.13. The highest BCUT2D eigenvalue weighted by atomic mass is 19.1. The Morgan fingerprint density at radius 1 is 0.806 bits per heavy atom. The Hall–Kier alpha value is -3.82. The SMILES string of the molecule is Fc1ccc([C@H](c2nnnn2Cc2ccccc2)N2CCN(Cc3ccc4c(c3)OCO4)CC2)cc1. The largest absolute Gasteiger partial charge is 0.454 e. The number of hydrogen-bond acceptors (Lipinski definition) is 7. The van der Waals surface area contributed by atoms with Crippen LogP contribution in [-0.4, -0.2) is 63.0 Å². The Kier molecular flexibility index (Phi) is 6.31. The molecule has 0 spiro atoms. The average Bonchev–Trinajstić information content (AvgIpc) is 3.56. The lowest BCUT2D eigenvalue weighted by molar-refractivity contribution is 0.100. The number of ether oxygens (including phenoxy) is 2. The molecule has 184 valence electrons. The van der Waals surface area contributed by atoms with Crippen molar-refractivity contribution in [1.29, 1.82) is 0 Å². The Morgan fingerprint density at radius 2 is 1.58 bits per heavy atom. The molecule has 36 heavy (non-hydrogen) atoms. The van der Waals surface area contributed by atoms with Gasteiger partial charge >= 0.3 is 0 Å². The van der Waals surface area contributed by atoms with Gasteiger partial charge in [-0.2, -0.15) is 0 Å². The molecule has 4 aromatic rings. The third-order valence-electron chi connectivity index (χ3n) is 6.78. The molecule has 0 unspecified atom stereocenters. The van der Waals surface area contributed by atoms with Gasteiger partial charge in [-0.05, 0) is 51.4 Å². The van der Waals surface area contributed by atoms with Gasteiger partial charge in [0, 0.05) is 32.7 Å². The zero-order valence-electron chi connectivity index (χ0n) is 19.8. The number of benzene rings is 3. The molecule has 1 saturated heterocycles. The van der Waals surface area contributed by atoms with E-state index >= 15 is 0 Å². The smallest absolute Gasteiger partial charge is 0.231 e. The minimum Gasteiger partial charge on any atom is -0.454 e. The summed E-state index contributed by atoms with van der Waals surface area (Å²) in [7, 11) is 0. The summed E-state index contributed by atoms with van der Waals surface area (Å²) < 4.78 is 26.6. The topological polar surface area (TPSA) is 68.5 Å². The van der Waals surface area contributed by atoms with Crippen molar-refractivity contribution in [3.05, 3.63) is 101 Å². The van der Waals surface area contributed by atoms with Crippen molar-refractivity contribution in [3.63, 3.8) is 0 Å². The van der Waals surface area contributed by atoms with E-state index in [0.717, 1.165) is 61.2 Å². The molecule has 3 heterocycles. The quantitative estimate of drug-likeness (QED) is 0.396. The first-order chi connectivity index (χ1) is 17.7. The van der Waals surface area contributed by atoms with Crippen LogP contribution in [0.3, 0.4) is 0 Å². The molecular weight excluding hydrogens is 459 g/mol. The lowest BCUT2D eigenvalue weighted by Crippen LogP contribution is -2.48. The number of rotatable bonds is 7. The van der Waals surface area contributed by atoms with Crippen molar-refractivity contribution >= 4 is 0 Å². The van der Waals surface area contributed by atoms with Gasteiger partial charge in [-0.15, -0.1) is 5.10 Å². The van der Waals surface area contributed by atoms with Crippen LogP contribution in [0.1, 0.15) is 28.6 Å². The zero-order chi connectivity index (χ0) is 24.3. The van der Waals surface area contributed by atoms with Crippen molar-refractivity contribution in [3.8, 4) is 11.5 Å². The van der Waals surface area contributed by atoms with Crippen LogP contribution in [0.25, 0.3) is 0 Å². The summed E-state index contributed by atoms with van der Waals surface area (Å²) in [6.07, 6.45) is 0. The molecule has 1 aromatic heterocycles. The van der Waals surface area contributed by atoms with Gasteiger partial charge in [0.2, 0.25) is 6.79 Å². The summed E-state index contributed by atoms with van der Waals surface area (Å²) >= 11 is 0. The van der Waals surface area contributed by atoms with Gasteiger partial charge in [-0.3, -0.25) is 9.80 Å². The van der Waals surface area contributed by atoms with Crippen molar-refractivity contribution < 1.29 is 13.9 Å². The molecule has 0 bridgehead atoms. The Morgan fingerprint density at radius 3 is 2.39 bits per heavy atom. The highest BCUT2D eigenvalue weighted by molar-refractivity contribution is 5.44. The summed E-state index contributed by atoms with van der Waals surface area (Å²) in [6.45, 7) is 5.17. The summed E-state index contributed by atoms with van der Waals surface area (Å²) in [4.78, 5) is 4.82. The first kappa shape index (κ1) is 22.6. The number of fused-ring (bicyclic) bond motifs is 1. The Bertz CT molecular complexity index is 1310. The van der Waals surface area contributed by atoms with Crippen LogP contribution in [-0.2, 0) is 13.1 Å². The molecular formula is C27H27FN6O2. The fourth-order valence-electron chi connectivity index (χ4n) is 4.92. The number of nitrogens with zero attached hydrogens (tertiary/aromatic N) is 6. The van der Waals surface area contributed by atoms with E-state index in [1.165, 1.54) is 17.7 Å². The lowest BCUT2D eigenvalue weighted by Gasteiger charge is -2.39. The predicted octanol–water partition coefficient (Wildman–Crippen LogP) is 3.50. The summed E-state index contributed by atoms with van der Waals surface area (Å²) in [5.41, 5.74) is 3.30. The molecule has 1 atom stereocenters. The summed E-state index contributed by atoms with van der Waals surface area (Å²) in [5, 5.41) is 12.7. The van der Waals surface area contributed by atoms with Gasteiger partial charge < -0.3 is 9.47 Å². The maximum atomic E-state index is 13.8. The molecule has 8 nitrogen and oxygen atoms in total. The van der Waals surface area contributed by atoms with E-state index in [0.29, 0.717) is 6.54 Å². The lowest BCUT2D eigenvalue weighted by atomic mass is 10.0. The van der Waals surface area contributed by atoms with E-state index in [1.807, 2.05) is 41.1 Å². The van der Waals surface area contributed by atoms with Crippen molar-refractivity contribution in [2.45, 2.75) is 19.1 Å². The standard InChI is InChI=1S/C27H27FN6O2/c28-23-9-7-22(8-10-23)26(27-29-30-31-34(27)18-20-4-2-1-3-5-20)33-14-12-32(13-15-33)17-21-6-11-24-25(16-21)36-19-35-24/h1-11,16,26H,12-15,17-19H2/t26-/m1/s1. The third-order valence-corrected chi connectivity index (χ3v) is 6.78. The van der Waals surface area contributed by atoms with E-state index in [2.05, 4.69) is 49.6 Å². The average molecular weight is 487 g/mol. The predicted molar refractivity (Wildman–Crippen MR) is 131 cm³/mol.